The van der Waals surface area contributed by atoms with Crippen molar-refractivity contribution in [1.82, 2.24) is 14.5 Å². The number of sulfone groups is 1. The Morgan fingerprint density at radius 2 is 2.26 bits per heavy atom. The van der Waals surface area contributed by atoms with E-state index < -0.39 is 32.5 Å². The van der Waals surface area contributed by atoms with E-state index in [4.69, 9.17) is 5.11 Å². The Bertz CT molecular complexity index is 664. The van der Waals surface area contributed by atoms with E-state index >= 15 is 0 Å². The Morgan fingerprint density at radius 3 is 2.84 bits per heavy atom. The SMILES string of the molecule is CC1CS(=O)(=O)CCN1S(=O)(=O)c1[nH]ncc1CO. The maximum absolute atomic E-state index is 12.4. The Kier molecular flexibility index (Phi) is 3.69. The Labute approximate surface area is 111 Å². The standard InChI is InChI=1S/C9H15N3O5S2/c1-7-6-18(14,15)3-2-12(7)19(16,17)9-8(5-13)4-10-11-9/h4,7,13H,2-3,5-6H2,1H3,(H,10,11). The van der Waals surface area contributed by atoms with Crippen molar-refractivity contribution < 1.29 is 21.9 Å². The molecule has 19 heavy (non-hydrogen) atoms. The minimum Gasteiger partial charge on any atom is -0.392 e. The highest BCUT2D eigenvalue weighted by Gasteiger charge is 2.38. The van der Waals surface area contributed by atoms with E-state index in [2.05, 4.69) is 10.2 Å². The zero-order valence-electron chi connectivity index (χ0n) is 10.3. The van der Waals surface area contributed by atoms with Crippen molar-refractivity contribution in [2.75, 3.05) is 18.1 Å². The zero-order valence-corrected chi connectivity index (χ0v) is 11.9. The lowest BCUT2D eigenvalue weighted by molar-refractivity contribution is 0.277. The molecule has 1 unspecified atom stereocenters. The van der Waals surface area contributed by atoms with Gasteiger partial charge in [-0.05, 0) is 6.92 Å². The van der Waals surface area contributed by atoms with Crippen LogP contribution in [-0.2, 0) is 26.5 Å². The number of hydrogen-bond donors (Lipinski definition) is 2. The van der Waals surface area contributed by atoms with Crippen LogP contribution in [0.25, 0.3) is 0 Å². The fourth-order valence-electron chi connectivity index (χ4n) is 2.09. The summed E-state index contributed by atoms with van der Waals surface area (Å²) in [7, 11) is -7.06. The predicted octanol–water partition coefficient (Wildman–Crippen LogP) is -1.29. The van der Waals surface area contributed by atoms with Gasteiger partial charge in [-0.1, -0.05) is 0 Å². The highest BCUT2D eigenvalue weighted by Crippen LogP contribution is 2.23. The summed E-state index contributed by atoms with van der Waals surface area (Å²) in [4.78, 5) is 0. The molecule has 0 bridgehead atoms. The second-order valence-electron chi connectivity index (χ2n) is 4.46. The molecule has 0 amide bonds. The molecule has 1 fully saturated rings. The maximum atomic E-state index is 12.4. The molecule has 2 rings (SSSR count). The molecule has 0 aromatic carbocycles. The number of nitrogens with zero attached hydrogens (tertiary/aromatic N) is 2. The van der Waals surface area contributed by atoms with Crippen LogP contribution in [0, 0.1) is 0 Å². The van der Waals surface area contributed by atoms with Crippen LogP contribution in [0.3, 0.4) is 0 Å². The molecule has 8 nitrogen and oxygen atoms in total. The average molecular weight is 309 g/mol. The third kappa shape index (κ3) is 2.66. The lowest BCUT2D eigenvalue weighted by Crippen LogP contribution is -2.49. The highest BCUT2D eigenvalue weighted by molar-refractivity contribution is 7.92. The van der Waals surface area contributed by atoms with Gasteiger partial charge in [-0.15, -0.1) is 0 Å². The van der Waals surface area contributed by atoms with E-state index in [1.165, 1.54) is 6.20 Å². The number of nitrogens with one attached hydrogen (secondary N) is 1. The molecule has 1 saturated heterocycles. The Morgan fingerprint density at radius 1 is 1.58 bits per heavy atom. The van der Waals surface area contributed by atoms with Crippen LogP contribution >= 0.6 is 0 Å². The Hall–Kier alpha value is -0.970. The van der Waals surface area contributed by atoms with Gasteiger partial charge in [-0.25, -0.2) is 16.8 Å². The summed E-state index contributed by atoms with van der Waals surface area (Å²) >= 11 is 0. The van der Waals surface area contributed by atoms with Crippen LogP contribution in [-0.4, -0.2) is 60.5 Å². The van der Waals surface area contributed by atoms with E-state index in [-0.39, 0.29) is 28.6 Å². The van der Waals surface area contributed by atoms with Crippen molar-refractivity contribution in [2.24, 2.45) is 0 Å². The molecule has 0 radical (unpaired) electrons. The first-order chi connectivity index (χ1) is 8.78. The molecular formula is C9H15N3O5S2. The molecule has 0 saturated carbocycles. The number of aromatic nitrogens is 2. The van der Waals surface area contributed by atoms with Crippen molar-refractivity contribution in [3.05, 3.63) is 11.8 Å². The predicted molar refractivity (Wildman–Crippen MR) is 66.5 cm³/mol. The molecule has 1 aromatic rings. The van der Waals surface area contributed by atoms with E-state index in [0.29, 0.717) is 0 Å². The van der Waals surface area contributed by atoms with Gasteiger partial charge in [0.1, 0.15) is 0 Å². The number of rotatable bonds is 3. The topological polar surface area (TPSA) is 120 Å². The fraction of sp³-hybridized carbons (Fsp3) is 0.667. The quantitative estimate of drug-likeness (QED) is 0.716. The third-order valence-electron chi connectivity index (χ3n) is 3.02. The van der Waals surface area contributed by atoms with Gasteiger partial charge in [0.05, 0.1) is 24.3 Å². The van der Waals surface area contributed by atoms with Crippen LogP contribution in [0.2, 0.25) is 0 Å². The van der Waals surface area contributed by atoms with Crippen molar-refractivity contribution >= 4 is 19.9 Å². The third-order valence-corrected chi connectivity index (χ3v) is 6.85. The monoisotopic (exact) mass is 309 g/mol. The number of aromatic amines is 1. The fourth-order valence-corrected chi connectivity index (χ4v) is 5.59. The summed E-state index contributed by atoms with van der Waals surface area (Å²) in [6, 6.07) is -0.640. The lowest BCUT2D eigenvalue weighted by Gasteiger charge is -2.31. The summed E-state index contributed by atoms with van der Waals surface area (Å²) in [5.41, 5.74) is 0.167. The first-order valence-corrected chi connectivity index (χ1v) is 8.89. The van der Waals surface area contributed by atoms with Crippen molar-refractivity contribution in [2.45, 2.75) is 24.6 Å². The van der Waals surface area contributed by atoms with Crippen LogP contribution in [0.1, 0.15) is 12.5 Å². The first kappa shape index (κ1) is 14.4. The van der Waals surface area contributed by atoms with Gasteiger partial charge in [-0.2, -0.15) is 9.40 Å². The summed E-state index contributed by atoms with van der Waals surface area (Å²) in [5, 5.41) is 14.8. The zero-order chi connectivity index (χ0) is 14.3. The molecule has 2 heterocycles. The number of sulfonamides is 1. The van der Waals surface area contributed by atoms with Crippen LogP contribution in [0.15, 0.2) is 11.2 Å². The molecule has 2 N–H and O–H groups in total. The van der Waals surface area contributed by atoms with Crippen molar-refractivity contribution in [3.63, 3.8) is 0 Å². The molecule has 10 heteroatoms. The van der Waals surface area contributed by atoms with Gasteiger partial charge in [0.25, 0.3) is 10.0 Å². The molecule has 0 aliphatic carbocycles. The van der Waals surface area contributed by atoms with Gasteiger partial charge in [0.15, 0.2) is 14.9 Å². The molecule has 0 spiro atoms. The number of aliphatic hydroxyl groups excluding tert-OH is 1. The Balaban J connectivity index is 2.36. The molecule has 1 aromatic heterocycles. The van der Waals surface area contributed by atoms with Crippen molar-refractivity contribution in [1.29, 1.82) is 0 Å². The molecule has 1 aliphatic rings. The van der Waals surface area contributed by atoms with Gasteiger partial charge in [0.2, 0.25) is 0 Å². The normalized spacial score (nSPS) is 24.4. The highest BCUT2D eigenvalue weighted by atomic mass is 32.2. The first-order valence-electron chi connectivity index (χ1n) is 5.63. The second kappa shape index (κ2) is 4.85. The van der Waals surface area contributed by atoms with Crippen LogP contribution in [0.4, 0.5) is 0 Å². The van der Waals surface area contributed by atoms with Crippen LogP contribution in [0.5, 0.6) is 0 Å². The van der Waals surface area contributed by atoms with Gasteiger partial charge >= 0.3 is 0 Å². The summed E-state index contributed by atoms with van der Waals surface area (Å²) in [5.74, 6) is -0.395. The molecule has 108 valence electrons. The molecule has 1 aliphatic heterocycles. The molecule has 1 atom stereocenters. The minimum atomic E-state index is -3.87. The van der Waals surface area contributed by atoms with Gasteiger partial charge in [-0.3, -0.25) is 5.10 Å². The maximum Gasteiger partial charge on any atom is 0.260 e. The summed E-state index contributed by atoms with van der Waals surface area (Å²) in [6.07, 6.45) is 1.23. The average Bonchev–Trinajstić information content (AvgIpc) is 2.75. The molecular weight excluding hydrogens is 294 g/mol. The van der Waals surface area contributed by atoms with Crippen LogP contribution < -0.4 is 0 Å². The van der Waals surface area contributed by atoms with E-state index in [9.17, 15) is 16.8 Å². The largest absolute Gasteiger partial charge is 0.392 e. The lowest BCUT2D eigenvalue weighted by atomic mass is 10.4. The summed E-state index contributed by atoms with van der Waals surface area (Å²) < 4.78 is 48.8. The van der Waals surface area contributed by atoms with Gasteiger partial charge in [0, 0.05) is 18.2 Å². The van der Waals surface area contributed by atoms with E-state index in [0.717, 1.165) is 4.31 Å². The second-order valence-corrected chi connectivity index (χ2v) is 8.52. The smallest absolute Gasteiger partial charge is 0.260 e. The number of H-pyrrole nitrogens is 1. The van der Waals surface area contributed by atoms with E-state index in [1.807, 2.05) is 0 Å². The minimum absolute atomic E-state index is 0.0876. The number of aliphatic hydroxyl groups is 1. The summed E-state index contributed by atoms with van der Waals surface area (Å²) in [6.45, 7) is 1.00. The van der Waals surface area contributed by atoms with Crippen molar-refractivity contribution in [3.8, 4) is 0 Å². The van der Waals surface area contributed by atoms with Gasteiger partial charge < -0.3 is 5.11 Å². The van der Waals surface area contributed by atoms with E-state index in [1.54, 1.807) is 6.92 Å². The number of hydrogen-bond acceptors (Lipinski definition) is 6.